The number of benzene rings is 2. The molecule has 2 aromatic carbocycles. The minimum Gasteiger partial charge on any atom is -0.337 e. The summed E-state index contributed by atoms with van der Waals surface area (Å²) in [6.07, 6.45) is 1.71. The number of hydrogen-bond donors (Lipinski definition) is 0. The molecule has 1 fully saturated rings. The third kappa shape index (κ3) is 3.40. The zero-order valence-corrected chi connectivity index (χ0v) is 12.7. The molecule has 0 N–H and O–H groups in total. The third-order valence-electron chi connectivity index (χ3n) is 4.16. The fraction of sp³-hybridized carbons (Fsp3) is 0.263. The van der Waals surface area contributed by atoms with Crippen molar-refractivity contribution in [3.63, 3.8) is 0 Å². The van der Waals surface area contributed by atoms with Crippen molar-refractivity contribution in [3.8, 4) is 17.2 Å². The predicted molar refractivity (Wildman–Crippen MR) is 86.1 cm³/mol. The molecule has 0 aromatic heterocycles. The van der Waals surface area contributed by atoms with Gasteiger partial charge in [0.25, 0.3) is 5.91 Å². The van der Waals surface area contributed by atoms with Crippen LogP contribution in [0.25, 0.3) is 11.1 Å². The summed E-state index contributed by atoms with van der Waals surface area (Å²) in [4.78, 5) is 14.4. The van der Waals surface area contributed by atoms with Gasteiger partial charge >= 0.3 is 0 Å². The number of carbonyl (C=O) groups is 1. The molecule has 3 nitrogen and oxygen atoms in total. The number of carbonyl (C=O) groups excluding carboxylic acids is 1. The fourth-order valence-electron chi connectivity index (χ4n) is 2.95. The first-order chi connectivity index (χ1) is 11.2. The molecule has 2 aromatic rings. The van der Waals surface area contributed by atoms with Crippen molar-refractivity contribution in [2.75, 3.05) is 13.1 Å². The van der Waals surface area contributed by atoms with Crippen LogP contribution in [-0.2, 0) is 0 Å². The number of rotatable bonds is 2. The number of piperidine rings is 1. The summed E-state index contributed by atoms with van der Waals surface area (Å²) in [5, 5.41) is 9.06. The van der Waals surface area contributed by atoms with Gasteiger partial charge in [0.05, 0.1) is 12.0 Å². The zero-order chi connectivity index (χ0) is 16.2. The van der Waals surface area contributed by atoms with Gasteiger partial charge in [0, 0.05) is 18.7 Å². The lowest BCUT2D eigenvalue weighted by atomic mass is 9.98. The van der Waals surface area contributed by atoms with Crippen molar-refractivity contribution in [2.45, 2.75) is 12.8 Å². The Morgan fingerprint density at radius 3 is 2.65 bits per heavy atom. The van der Waals surface area contributed by atoms with Crippen molar-refractivity contribution < 1.29 is 9.18 Å². The molecular weight excluding hydrogens is 291 g/mol. The van der Waals surface area contributed by atoms with Gasteiger partial charge in [0.15, 0.2) is 0 Å². The SMILES string of the molecule is N#C[C@H]1CCCN(C(=O)c2cccc(-c3cccc(F)c3)c2)C1. The van der Waals surface area contributed by atoms with Crippen molar-refractivity contribution in [1.29, 1.82) is 5.26 Å². The number of likely N-dealkylation sites (tertiary alicyclic amines) is 1. The van der Waals surface area contributed by atoms with Crippen LogP contribution in [-0.4, -0.2) is 23.9 Å². The number of hydrogen-bond acceptors (Lipinski definition) is 2. The molecule has 1 aliphatic rings. The molecular formula is C19H17FN2O. The van der Waals surface area contributed by atoms with Crippen LogP contribution < -0.4 is 0 Å². The van der Waals surface area contributed by atoms with Gasteiger partial charge in [0.1, 0.15) is 5.82 Å². The molecule has 23 heavy (non-hydrogen) atoms. The number of nitriles is 1. The summed E-state index contributed by atoms with van der Waals surface area (Å²) in [7, 11) is 0. The van der Waals surface area contributed by atoms with Crippen molar-refractivity contribution >= 4 is 5.91 Å². The monoisotopic (exact) mass is 308 g/mol. The number of amides is 1. The first-order valence-electron chi connectivity index (χ1n) is 7.72. The molecule has 0 bridgehead atoms. The molecule has 0 spiro atoms. The minimum absolute atomic E-state index is 0.0665. The average molecular weight is 308 g/mol. The van der Waals surface area contributed by atoms with Crippen LogP contribution in [0.5, 0.6) is 0 Å². The summed E-state index contributed by atoms with van der Waals surface area (Å²) >= 11 is 0. The van der Waals surface area contributed by atoms with Crippen molar-refractivity contribution in [1.82, 2.24) is 4.90 Å². The van der Waals surface area contributed by atoms with Crippen LogP contribution >= 0.6 is 0 Å². The van der Waals surface area contributed by atoms with E-state index in [0.29, 0.717) is 18.7 Å². The van der Waals surface area contributed by atoms with Gasteiger partial charge in [-0.25, -0.2) is 4.39 Å². The zero-order valence-electron chi connectivity index (χ0n) is 12.7. The quantitative estimate of drug-likeness (QED) is 0.845. The summed E-state index contributed by atoms with van der Waals surface area (Å²) < 4.78 is 13.4. The lowest BCUT2D eigenvalue weighted by molar-refractivity contribution is 0.0699. The Morgan fingerprint density at radius 1 is 1.17 bits per heavy atom. The van der Waals surface area contributed by atoms with Crippen LogP contribution in [0.4, 0.5) is 4.39 Å². The van der Waals surface area contributed by atoms with E-state index < -0.39 is 0 Å². The van der Waals surface area contributed by atoms with Crippen LogP contribution in [0.3, 0.4) is 0 Å². The molecule has 1 amide bonds. The predicted octanol–water partition coefficient (Wildman–Crippen LogP) is 3.87. The van der Waals surface area contributed by atoms with Gasteiger partial charge < -0.3 is 4.90 Å². The Hall–Kier alpha value is -2.67. The van der Waals surface area contributed by atoms with Gasteiger partial charge in [-0.1, -0.05) is 24.3 Å². The maximum absolute atomic E-state index is 13.4. The van der Waals surface area contributed by atoms with Crippen molar-refractivity contribution in [3.05, 3.63) is 59.9 Å². The normalized spacial score (nSPS) is 17.6. The summed E-state index contributed by atoms with van der Waals surface area (Å²) in [6, 6.07) is 15.8. The Kier molecular flexibility index (Phi) is 4.38. The Balaban J connectivity index is 1.85. The number of nitrogens with zero attached hydrogens (tertiary/aromatic N) is 2. The molecule has 0 unspecified atom stereocenters. The Morgan fingerprint density at radius 2 is 1.91 bits per heavy atom. The highest BCUT2D eigenvalue weighted by Crippen LogP contribution is 2.23. The maximum Gasteiger partial charge on any atom is 0.253 e. The van der Waals surface area contributed by atoms with Gasteiger partial charge in [0.2, 0.25) is 0 Å². The van der Waals surface area contributed by atoms with E-state index in [0.717, 1.165) is 24.0 Å². The topological polar surface area (TPSA) is 44.1 Å². The van der Waals surface area contributed by atoms with Crippen molar-refractivity contribution in [2.24, 2.45) is 5.92 Å². The van der Waals surface area contributed by atoms with E-state index >= 15 is 0 Å². The largest absolute Gasteiger partial charge is 0.337 e. The molecule has 4 heteroatoms. The molecule has 116 valence electrons. The van der Waals surface area contributed by atoms with Crippen LogP contribution in [0.1, 0.15) is 23.2 Å². The van der Waals surface area contributed by atoms with Crippen LogP contribution in [0, 0.1) is 23.1 Å². The summed E-state index contributed by atoms with van der Waals surface area (Å²) in [5.74, 6) is -0.450. The summed E-state index contributed by atoms with van der Waals surface area (Å²) in [5.41, 5.74) is 2.13. The second kappa shape index (κ2) is 6.62. The molecule has 0 radical (unpaired) electrons. The molecule has 0 aliphatic carbocycles. The van der Waals surface area contributed by atoms with E-state index in [1.165, 1.54) is 12.1 Å². The van der Waals surface area contributed by atoms with E-state index in [1.807, 2.05) is 12.1 Å². The van der Waals surface area contributed by atoms with E-state index in [1.54, 1.807) is 29.2 Å². The smallest absolute Gasteiger partial charge is 0.253 e. The second-order valence-electron chi connectivity index (χ2n) is 5.81. The van der Waals surface area contributed by atoms with Gasteiger partial charge in [-0.2, -0.15) is 5.26 Å². The second-order valence-corrected chi connectivity index (χ2v) is 5.81. The van der Waals surface area contributed by atoms with Crippen LogP contribution in [0.2, 0.25) is 0 Å². The summed E-state index contributed by atoms with van der Waals surface area (Å²) in [6.45, 7) is 1.17. The van der Waals surface area contributed by atoms with Crippen LogP contribution in [0.15, 0.2) is 48.5 Å². The molecule has 3 rings (SSSR count). The van der Waals surface area contributed by atoms with Gasteiger partial charge in [-0.05, 0) is 48.2 Å². The fourth-order valence-corrected chi connectivity index (χ4v) is 2.95. The first-order valence-corrected chi connectivity index (χ1v) is 7.72. The lowest BCUT2D eigenvalue weighted by Crippen LogP contribution is -2.39. The van der Waals surface area contributed by atoms with E-state index in [2.05, 4.69) is 6.07 Å². The highest BCUT2D eigenvalue weighted by Gasteiger charge is 2.24. The molecule has 1 heterocycles. The van der Waals surface area contributed by atoms with E-state index in [-0.39, 0.29) is 17.6 Å². The molecule has 1 aliphatic heterocycles. The molecule has 0 saturated carbocycles. The van der Waals surface area contributed by atoms with E-state index in [4.69, 9.17) is 5.26 Å². The molecule has 1 atom stereocenters. The minimum atomic E-state index is -0.299. The molecule has 1 saturated heterocycles. The van der Waals surface area contributed by atoms with Gasteiger partial charge in [-0.15, -0.1) is 0 Å². The van der Waals surface area contributed by atoms with E-state index in [9.17, 15) is 9.18 Å². The average Bonchev–Trinajstić information content (AvgIpc) is 2.61. The first kappa shape index (κ1) is 15.2. The highest BCUT2D eigenvalue weighted by atomic mass is 19.1. The van der Waals surface area contributed by atoms with Gasteiger partial charge in [-0.3, -0.25) is 4.79 Å². The lowest BCUT2D eigenvalue weighted by Gasteiger charge is -2.29. The highest BCUT2D eigenvalue weighted by molar-refractivity contribution is 5.95. The number of halogens is 1. The maximum atomic E-state index is 13.4. The Labute approximate surface area is 135 Å². The standard InChI is InChI=1S/C19H17FN2O/c20-18-8-2-6-16(11-18)15-5-1-7-17(10-15)19(23)22-9-3-4-14(12-21)13-22/h1-2,5-8,10-11,14H,3-4,9,13H2/t14-/m1/s1. The Bertz CT molecular complexity index is 766. The third-order valence-corrected chi connectivity index (χ3v) is 4.16.